The van der Waals surface area contributed by atoms with Gasteiger partial charge in [0.05, 0.1) is 0 Å². The van der Waals surface area contributed by atoms with Crippen molar-refractivity contribution in [3.05, 3.63) is 0 Å². The lowest BCUT2D eigenvalue weighted by molar-refractivity contribution is -0.130. The van der Waals surface area contributed by atoms with Crippen LogP contribution in [-0.4, -0.2) is 24.4 Å². The van der Waals surface area contributed by atoms with E-state index in [2.05, 4.69) is 6.92 Å². The van der Waals surface area contributed by atoms with Crippen LogP contribution in [0, 0.1) is 5.92 Å². The highest BCUT2D eigenvalue weighted by molar-refractivity contribution is 5.75. The van der Waals surface area contributed by atoms with Crippen LogP contribution in [0.1, 0.15) is 39.0 Å². The zero-order valence-corrected chi connectivity index (χ0v) is 8.18. The van der Waals surface area contributed by atoms with Gasteiger partial charge in [-0.2, -0.15) is 0 Å². The predicted octanol–water partition coefficient (Wildman–Crippen LogP) is 2.04. The van der Waals surface area contributed by atoms with Crippen molar-refractivity contribution in [2.45, 2.75) is 39.0 Å². The predicted molar refractivity (Wildman–Crippen MR) is 49.9 cm³/mol. The summed E-state index contributed by atoms with van der Waals surface area (Å²) in [5.41, 5.74) is 0. The number of amides is 1. The van der Waals surface area contributed by atoms with Gasteiger partial charge in [0.1, 0.15) is 0 Å². The molecule has 2 heteroatoms. The summed E-state index contributed by atoms with van der Waals surface area (Å²) in [4.78, 5) is 13.3. The molecule has 70 valence electrons. The third-order valence-electron chi connectivity index (χ3n) is 2.40. The van der Waals surface area contributed by atoms with E-state index in [9.17, 15) is 4.79 Å². The van der Waals surface area contributed by atoms with Gasteiger partial charge in [0, 0.05) is 20.0 Å². The Morgan fingerprint density at radius 3 is 2.67 bits per heavy atom. The van der Waals surface area contributed by atoms with Crippen molar-refractivity contribution in [3.63, 3.8) is 0 Å². The average Bonchev–Trinajstić information content (AvgIpc) is 2.83. The topological polar surface area (TPSA) is 20.3 Å². The van der Waals surface area contributed by atoms with Crippen molar-refractivity contribution < 1.29 is 4.79 Å². The maximum atomic E-state index is 11.4. The first-order valence-electron chi connectivity index (χ1n) is 4.98. The molecule has 1 rings (SSSR count). The van der Waals surface area contributed by atoms with Crippen molar-refractivity contribution in [2.75, 3.05) is 13.6 Å². The average molecular weight is 169 g/mol. The molecular weight excluding hydrogens is 150 g/mol. The lowest BCUT2D eigenvalue weighted by Crippen LogP contribution is -2.28. The zero-order valence-electron chi connectivity index (χ0n) is 8.18. The van der Waals surface area contributed by atoms with Gasteiger partial charge in [0.25, 0.3) is 0 Å². The molecule has 1 fully saturated rings. The molecule has 0 spiro atoms. The fourth-order valence-corrected chi connectivity index (χ4v) is 1.31. The lowest BCUT2D eigenvalue weighted by Gasteiger charge is -2.16. The Hall–Kier alpha value is -0.530. The molecule has 0 unspecified atom stereocenters. The minimum Gasteiger partial charge on any atom is -0.345 e. The monoisotopic (exact) mass is 169 g/mol. The molecular formula is C10H19NO. The van der Waals surface area contributed by atoms with Crippen LogP contribution in [-0.2, 0) is 4.79 Å². The molecule has 1 aliphatic rings. The maximum Gasteiger partial charge on any atom is 0.222 e. The van der Waals surface area contributed by atoms with Crippen molar-refractivity contribution in [3.8, 4) is 0 Å². The van der Waals surface area contributed by atoms with E-state index in [1.54, 1.807) is 0 Å². The van der Waals surface area contributed by atoms with Crippen molar-refractivity contribution in [2.24, 2.45) is 5.92 Å². The van der Waals surface area contributed by atoms with Gasteiger partial charge in [0.2, 0.25) is 5.91 Å². The van der Waals surface area contributed by atoms with Gasteiger partial charge in [0.15, 0.2) is 0 Å². The number of hydrogen-bond donors (Lipinski definition) is 0. The van der Waals surface area contributed by atoms with Crippen molar-refractivity contribution >= 4 is 5.91 Å². The third kappa shape index (κ3) is 3.24. The number of nitrogens with zero attached hydrogens (tertiary/aromatic N) is 1. The summed E-state index contributed by atoms with van der Waals surface area (Å²) in [6, 6.07) is 0. The highest BCUT2D eigenvalue weighted by atomic mass is 16.2. The largest absolute Gasteiger partial charge is 0.345 e. The van der Waals surface area contributed by atoms with Crippen LogP contribution in [0.3, 0.4) is 0 Å². The van der Waals surface area contributed by atoms with Crippen molar-refractivity contribution in [1.29, 1.82) is 0 Å². The molecule has 1 aliphatic carbocycles. The van der Waals surface area contributed by atoms with E-state index in [1.807, 2.05) is 11.9 Å². The van der Waals surface area contributed by atoms with E-state index in [0.29, 0.717) is 5.91 Å². The highest BCUT2D eigenvalue weighted by Gasteiger charge is 2.24. The molecule has 12 heavy (non-hydrogen) atoms. The van der Waals surface area contributed by atoms with Gasteiger partial charge >= 0.3 is 0 Å². The molecule has 0 aromatic heterocycles. The van der Waals surface area contributed by atoms with E-state index in [1.165, 1.54) is 12.8 Å². The standard InChI is InChI=1S/C10H19NO/c1-3-4-5-10(12)11(2)8-9-6-7-9/h9H,3-8H2,1-2H3. The molecule has 2 nitrogen and oxygen atoms in total. The molecule has 0 atom stereocenters. The number of rotatable bonds is 5. The third-order valence-corrected chi connectivity index (χ3v) is 2.40. The molecule has 0 saturated heterocycles. The van der Waals surface area contributed by atoms with E-state index in [-0.39, 0.29) is 0 Å². The highest BCUT2D eigenvalue weighted by Crippen LogP contribution is 2.29. The van der Waals surface area contributed by atoms with Crippen LogP contribution in [0.2, 0.25) is 0 Å². The summed E-state index contributed by atoms with van der Waals surface area (Å²) in [6.45, 7) is 3.11. The van der Waals surface area contributed by atoms with E-state index < -0.39 is 0 Å². The molecule has 1 saturated carbocycles. The Kier molecular flexibility index (Phi) is 3.57. The fourth-order valence-electron chi connectivity index (χ4n) is 1.31. The number of unbranched alkanes of at least 4 members (excludes halogenated alkanes) is 1. The van der Waals surface area contributed by atoms with Gasteiger partial charge in [-0.15, -0.1) is 0 Å². The van der Waals surface area contributed by atoms with E-state index in [0.717, 1.165) is 31.7 Å². The minimum absolute atomic E-state index is 0.323. The van der Waals surface area contributed by atoms with Gasteiger partial charge in [-0.3, -0.25) is 4.79 Å². The summed E-state index contributed by atoms with van der Waals surface area (Å²) in [5, 5.41) is 0. The maximum absolute atomic E-state index is 11.4. The van der Waals surface area contributed by atoms with Crippen LogP contribution in [0.15, 0.2) is 0 Å². The van der Waals surface area contributed by atoms with Crippen LogP contribution in [0.25, 0.3) is 0 Å². The lowest BCUT2D eigenvalue weighted by atomic mass is 10.2. The number of carbonyl (C=O) groups is 1. The molecule has 1 amide bonds. The van der Waals surface area contributed by atoms with Crippen molar-refractivity contribution in [1.82, 2.24) is 4.90 Å². The number of carbonyl (C=O) groups excluding carboxylic acids is 1. The molecule has 0 aromatic carbocycles. The summed E-state index contributed by atoms with van der Waals surface area (Å²) in [7, 11) is 1.93. The Labute approximate surface area is 74.9 Å². The van der Waals surface area contributed by atoms with Gasteiger partial charge in [-0.25, -0.2) is 0 Å². The Balaban J connectivity index is 2.11. The first-order valence-corrected chi connectivity index (χ1v) is 4.98. The SMILES string of the molecule is CCCCC(=O)N(C)CC1CC1. The summed E-state index contributed by atoms with van der Waals surface area (Å²) in [6.07, 6.45) is 5.54. The van der Waals surface area contributed by atoms with Gasteiger partial charge in [-0.1, -0.05) is 13.3 Å². The molecule has 0 heterocycles. The van der Waals surface area contributed by atoms with Gasteiger partial charge < -0.3 is 4.90 Å². The second kappa shape index (κ2) is 4.48. The smallest absolute Gasteiger partial charge is 0.222 e. The summed E-state index contributed by atoms with van der Waals surface area (Å²) in [5.74, 6) is 1.14. The molecule has 0 bridgehead atoms. The second-order valence-corrected chi connectivity index (χ2v) is 3.82. The van der Waals surface area contributed by atoms with Crippen LogP contribution in [0.4, 0.5) is 0 Å². The molecule has 0 N–H and O–H groups in total. The van der Waals surface area contributed by atoms with Gasteiger partial charge in [-0.05, 0) is 25.2 Å². The van der Waals surface area contributed by atoms with Crippen LogP contribution in [0.5, 0.6) is 0 Å². The second-order valence-electron chi connectivity index (χ2n) is 3.82. The summed E-state index contributed by atoms with van der Waals surface area (Å²) < 4.78 is 0. The summed E-state index contributed by atoms with van der Waals surface area (Å²) >= 11 is 0. The Morgan fingerprint density at radius 1 is 1.50 bits per heavy atom. The van der Waals surface area contributed by atoms with E-state index >= 15 is 0 Å². The Bertz CT molecular complexity index is 152. The first-order chi connectivity index (χ1) is 5.74. The van der Waals surface area contributed by atoms with Crippen LogP contribution < -0.4 is 0 Å². The molecule has 0 aliphatic heterocycles. The quantitative estimate of drug-likeness (QED) is 0.616. The molecule has 0 aromatic rings. The zero-order chi connectivity index (χ0) is 8.97. The van der Waals surface area contributed by atoms with Crippen LogP contribution >= 0.6 is 0 Å². The fraction of sp³-hybridized carbons (Fsp3) is 0.900. The first kappa shape index (κ1) is 9.56. The number of hydrogen-bond acceptors (Lipinski definition) is 1. The normalized spacial score (nSPS) is 16.2. The minimum atomic E-state index is 0.323. The molecule has 0 radical (unpaired) electrons. The van der Waals surface area contributed by atoms with E-state index in [4.69, 9.17) is 0 Å². The Morgan fingerprint density at radius 2 is 2.17 bits per heavy atom.